The Labute approximate surface area is 155 Å². The van der Waals surface area contributed by atoms with Crippen LogP contribution in [-0.4, -0.2) is 21.4 Å². The summed E-state index contributed by atoms with van der Waals surface area (Å²) in [4.78, 5) is 12.6. The van der Waals surface area contributed by atoms with E-state index in [-0.39, 0.29) is 10.8 Å². The highest BCUT2D eigenvalue weighted by Gasteiger charge is 2.16. The van der Waals surface area contributed by atoms with Gasteiger partial charge in [-0.2, -0.15) is 0 Å². The van der Waals surface area contributed by atoms with Crippen molar-refractivity contribution in [2.75, 3.05) is 12.4 Å². The van der Waals surface area contributed by atoms with Crippen LogP contribution >= 0.6 is 0 Å². The molecule has 26 heavy (non-hydrogen) atoms. The Morgan fingerprint density at radius 1 is 1.04 bits per heavy atom. The molecule has 0 spiro atoms. The quantitative estimate of drug-likeness (QED) is 0.688. The summed E-state index contributed by atoms with van der Waals surface area (Å²) in [6, 6.07) is 12.3. The highest BCUT2D eigenvalue weighted by molar-refractivity contribution is 7.89. The van der Waals surface area contributed by atoms with Gasteiger partial charge >= 0.3 is 0 Å². The van der Waals surface area contributed by atoms with E-state index in [4.69, 9.17) is 0 Å². The van der Waals surface area contributed by atoms with E-state index in [2.05, 4.69) is 17.0 Å². The number of hydrogen-bond donors (Lipinski definition) is 2. The van der Waals surface area contributed by atoms with Gasteiger partial charge in [-0.1, -0.05) is 38.0 Å². The maximum absolute atomic E-state index is 12.6. The molecule has 0 bridgehead atoms. The number of anilines is 1. The zero-order valence-electron chi connectivity index (χ0n) is 15.5. The molecule has 0 heterocycles. The summed E-state index contributed by atoms with van der Waals surface area (Å²) in [5.74, 6) is -0.325. The fourth-order valence-electron chi connectivity index (χ4n) is 2.66. The molecule has 6 heteroatoms. The third kappa shape index (κ3) is 5.16. The number of nitrogens with one attached hydrogen (secondary N) is 2. The summed E-state index contributed by atoms with van der Waals surface area (Å²) >= 11 is 0. The monoisotopic (exact) mass is 374 g/mol. The lowest BCUT2D eigenvalue weighted by Crippen LogP contribution is -2.20. The predicted octanol–water partition coefficient (Wildman–Crippen LogP) is 3.89. The van der Waals surface area contributed by atoms with Gasteiger partial charge in [-0.05, 0) is 62.2 Å². The minimum absolute atomic E-state index is 0.0713. The van der Waals surface area contributed by atoms with Crippen LogP contribution in [0.4, 0.5) is 5.69 Å². The molecule has 0 radical (unpaired) electrons. The van der Waals surface area contributed by atoms with Gasteiger partial charge in [0.15, 0.2) is 0 Å². The lowest BCUT2D eigenvalue weighted by molar-refractivity contribution is 0.102. The van der Waals surface area contributed by atoms with E-state index in [0.717, 1.165) is 12.8 Å². The molecule has 0 aliphatic carbocycles. The maximum Gasteiger partial charge on any atom is 0.255 e. The topological polar surface area (TPSA) is 75.3 Å². The Kier molecular flexibility index (Phi) is 6.94. The second-order valence-corrected chi connectivity index (χ2v) is 8.18. The van der Waals surface area contributed by atoms with Crippen molar-refractivity contribution < 1.29 is 13.2 Å². The molecule has 1 amide bonds. The van der Waals surface area contributed by atoms with Gasteiger partial charge in [0.25, 0.3) is 5.91 Å². The molecule has 0 atom stereocenters. The number of rotatable bonds is 8. The average molecular weight is 375 g/mol. The van der Waals surface area contributed by atoms with E-state index in [1.54, 1.807) is 13.0 Å². The molecule has 2 aromatic carbocycles. The van der Waals surface area contributed by atoms with Crippen LogP contribution in [0, 0.1) is 6.92 Å². The highest BCUT2D eigenvalue weighted by atomic mass is 32.2. The lowest BCUT2D eigenvalue weighted by Gasteiger charge is -2.11. The van der Waals surface area contributed by atoms with Crippen molar-refractivity contribution in [3.05, 3.63) is 59.2 Å². The fourth-order valence-corrected chi connectivity index (χ4v) is 3.42. The number of unbranched alkanes of at least 4 members (excludes halogenated alkanes) is 2. The van der Waals surface area contributed by atoms with Gasteiger partial charge in [-0.3, -0.25) is 4.79 Å². The van der Waals surface area contributed by atoms with Crippen molar-refractivity contribution in [1.29, 1.82) is 0 Å². The van der Waals surface area contributed by atoms with Gasteiger partial charge in [-0.15, -0.1) is 0 Å². The first-order valence-corrected chi connectivity index (χ1v) is 10.3. The zero-order valence-corrected chi connectivity index (χ0v) is 16.3. The molecule has 0 fully saturated rings. The van der Waals surface area contributed by atoms with Crippen LogP contribution in [0.3, 0.4) is 0 Å². The van der Waals surface area contributed by atoms with Crippen LogP contribution < -0.4 is 10.0 Å². The predicted molar refractivity (Wildman–Crippen MR) is 105 cm³/mol. The van der Waals surface area contributed by atoms with Crippen LogP contribution in [0.25, 0.3) is 0 Å². The lowest BCUT2D eigenvalue weighted by atomic mass is 10.1. The number of benzene rings is 2. The molecule has 0 saturated heterocycles. The SMILES string of the molecule is CCCCCc1ccc(NC(=O)c2cc(S(=O)(=O)NC)ccc2C)cc1. The third-order valence-electron chi connectivity index (χ3n) is 4.31. The Morgan fingerprint density at radius 3 is 2.35 bits per heavy atom. The molecule has 0 aliphatic heterocycles. The number of hydrogen-bond acceptors (Lipinski definition) is 3. The largest absolute Gasteiger partial charge is 0.322 e. The summed E-state index contributed by atoms with van der Waals surface area (Å²) in [6.45, 7) is 3.96. The van der Waals surface area contributed by atoms with Gasteiger partial charge in [0, 0.05) is 11.3 Å². The number of sulfonamides is 1. The van der Waals surface area contributed by atoms with Gasteiger partial charge in [0.05, 0.1) is 4.90 Å². The molecule has 140 valence electrons. The summed E-state index contributed by atoms with van der Waals surface area (Å²) in [5, 5.41) is 2.84. The van der Waals surface area contributed by atoms with Crippen LogP contribution in [0.5, 0.6) is 0 Å². The van der Waals surface area contributed by atoms with Crippen molar-refractivity contribution in [3.8, 4) is 0 Å². The van der Waals surface area contributed by atoms with Crippen LogP contribution in [-0.2, 0) is 16.4 Å². The summed E-state index contributed by atoms with van der Waals surface area (Å²) in [5.41, 5.74) is 2.99. The van der Waals surface area contributed by atoms with E-state index in [9.17, 15) is 13.2 Å². The van der Waals surface area contributed by atoms with Crippen molar-refractivity contribution in [2.24, 2.45) is 0 Å². The van der Waals surface area contributed by atoms with Gasteiger partial charge < -0.3 is 5.32 Å². The molecule has 2 N–H and O–H groups in total. The summed E-state index contributed by atoms with van der Waals surface area (Å²) in [6.07, 6.45) is 4.60. The zero-order chi connectivity index (χ0) is 19.2. The molecule has 0 saturated carbocycles. The third-order valence-corrected chi connectivity index (χ3v) is 5.73. The fraction of sp³-hybridized carbons (Fsp3) is 0.350. The van der Waals surface area contributed by atoms with Crippen LogP contribution in [0.1, 0.15) is 47.7 Å². The van der Waals surface area contributed by atoms with Crippen LogP contribution in [0.15, 0.2) is 47.4 Å². The Bertz CT molecular complexity index is 859. The molecular weight excluding hydrogens is 348 g/mol. The molecule has 5 nitrogen and oxygen atoms in total. The van der Waals surface area contributed by atoms with Crippen molar-refractivity contribution in [3.63, 3.8) is 0 Å². The smallest absolute Gasteiger partial charge is 0.255 e. The minimum Gasteiger partial charge on any atom is -0.322 e. The van der Waals surface area contributed by atoms with Gasteiger partial charge in [0.2, 0.25) is 10.0 Å². The first kappa shape index (κ1) is 20.1. The Balaban J connectivity index is 2.13. The van der Waals surface area contributed by atoms with E-state index >= 15 is 0 Å². The second-order valence-electron chi connectivity index (χ2n) is 6.29. The van der Waals surface area contributed by atoms with Crippen molar-refractivity contribution in [2.45, 2.75) is 44.4 Å². The normalized spacial score (nSPS) is 11.3. The first-order valence-electron chi connectivity index (χ1n) is 8.82. The molecule has 2 aromatic rings. The van der Waals surface area contributed by atoms with Crippen molar-refractivity contribution in [1.82, 2.24) is 4.72 Å². The number of carbonyl (C=O) groups is 1. The van der Waals surface area contributed by atoms with E-state index in [1.165, 1.54) is 37.6 Å². The van der Waals surface area contributed by atoms with Crippen molar-refractivity contribution >= 4 is 21.6 Å². The number of aryl methyl sites for hydroxylation is 2. The van der Waals surface area contributed by atoms with Gasteiger partial charge in [-0.25, -0.2) is 13.1 Å². The van der Waals surface area contributed by atoms with Crippen LogP contribution in [0.2, 0.25) is 0 Å². The second kappa shape index (κ2) is 8.96. The van der Waals surface area contributed by atoms with E-state index in [0.29, 0.717) is 16.8 Å². The standard InChI is InChI=1S/C20H26N2O3S/c1-4-5-6-7-16-9-11-17(12-10-16)22-20(23)19-14-18(13-8-15(19)2)26(24,25)21-3/h8-14,21H,4-7H2,1-3H3,(H,22,23). The molecule has 0 unspecified atom stereocenters. The van der Waals surface area contributed by atoms with E-state index < -0.39 is 10.0 Å². The summed E-state index contributed by atoms with van der Waals surface area (Å²) in [7, 11) is -2.25. The minimum atomic E-state index is -3.59. The summed E-state index contributed by atoms with van der Waals surface area (Å²) < 4.78 is 26.2. The maximum atomic E-state index is 12.6. The first-order chi connectivity index (χ1) is 12.4. The number of carbonyl (C=O) groups excluding carboxylic acids is 1. The van der Waals surface area contributed by atoms with E-state index in [1.807, 2.05) is 24.3 Å². The number of amides is 1. The Hall–Kier alpha value is -2.18. The molecule has 0 aliphatic rings. The average Bonchev–Trinajstić information content (AvgIpc) is 2.63. The molecular formula is C20H26N2O3S. The molecule has 0 aromatic heterocycles. The van der Waals surface area contributed by atoms with Gasteiger partial charge in [0.1, 0.15) is 0 Å². The molecule has 2 rings (SSSR count). The Morgan fingerprint density at radius 2 is 1.73 bits per heavy atom. The highest BCUT2D eigenvalue weighted by Crippen LogP contribution is 2.18.